The molecule has 0 amide bonds. The molecule has 0 aromatic heterocycles. The maximum absolute atomic E-state index is 10.8. The summed E-state index contributed by atoms with van der Waals surface area (Å²) in [6.07, 6.45) is 4.80. The van der Waals surface area contributed by atoms with E-state index in [2.05, 4.69) is 17.4 Å². The number of nitrogens with two attached hydrogens (primary N) is 1. The fraction of sp³-hybridized carbons (Fsp3) is 0.429. The van der Waals surface area contributed by atoms with Gasteiger partial charge in [-0.1, -0.05) is 18.9 Å². The smallest absolute Gasteiger partial charge is 0.269 e. The lowest BCUT2D eigenvalue weighted by molar-refractivity contribution is -0.677. The van der Waals surface area contributed by atoms with Crippen molar-refractivity contribution in [2.24, 2.45) is 0 Å². The molecule has 3 rings (SSSR count). The number of quaternary nitrogens is 1. The molecule has 144 valence electrons. The number of non-ortho nitro benzene ring substituents is 1. The summed E-state index contributed by atoms with van der Waals surface area (Å²) in [6, 6.07) is 13.1. The van der Waals surface area contributed by atoms with Crippen molar-refractivity contribution in [1.29, 1.82) is 0 Å². The van der Waals surface area contributed by atoms with E-state index >= 15 is 0 Å². The van der Waals surface area contributed by atoms with Gasteiger partial charge in [-0.2, -0.15) is 0 Å². The third kappa shape index (κ3) is 4.22. The average molecular weight is 371 g/mol. The average Bonchev–Trinajstić information content (AvgIpc) is 3.18. The first-order valence-corrected chi connectivity index (χ1v) is 9.35. The molecular formula is C21H27N2O4+. The van der Waals surface area contributed by atoms with Crippen molar-refractivity contribution in [1.82, 2.24) is 0 Å². The molecule has 0 heterocycles. The van der Waals surface area contributed by atoms with Crippen LogP contribution >= 0.6 is 0 Å². The monoisotopic (exact) mass is 371 g/mol. The zero-order valence-corrected chi connectivity index (χ0v) is 15.9. The zero-order valence-electron chi connectivity index (χ0n) is 15.9. The Morgan fingerprint density at radius 3 is 2.30 bits per heavy atom. The topological polar surface area (TPSA) is 78.2 Å². The van der Waals surface area contributed by atoms with Crippen LogP contribution in [0.4, 0.5) is 5.69 Å². The Hall–Kier alpha value is -2.60. The number of hydrogen-bond donors (Lipinski definition) is 1. The Morgan fingerprint density at radius 2 is 1.70 bits per heavy atom. The molecule has 6 heteroatoms. The molecule has 2 aromatic carbocycles. The highest BCUT2D eigenvalue weighted by Crippen LogP contribution is 2.42. The highest BCUT2D eigenvalue weighted by atomic mass is 16.6. The van der Waals surface area contributed by atoms with E-state index in [1.807, 2.05) is 18.2 Å². The van der Waals surface area contributed by atoms with Gasteiger partial charge in [-0.3, -0.25) is 10.1 Å². The van der Waals surface area contributed by atoms with E-state index < -0.39 is 0 Å². The summed E-state index contributed by atoms with van der Waals surface area (Å²) in [7, 11) is 3.32. The minimum atomic E-state index is -0.363. The molecule has 0 radical (unpaired) electrons. The molecule has 0 unspecified atom stereocenters. The van der Waals surface area contributed by atoms with Crippen LogP contribution < -0.4 is 14.8 Å². The molecule has 0 saturated heterocycles. The van der Waals surface area contributed by atoms with Gasteiger partial charge in [-0.25, -0.2) is 0 Å². The first kappa shape index (κ1) is 19.2. The van der Waals surface area contributed by atoms with Gasteiger partial charge in [0.25, 0.3) is 5.69 Å². The lowest BCUT2D eigenvalue weighted by Gasteiger charge is -2.28. The van der Waals surface area contributed by atoms with E-state index in [1.165, 1.54) is 31.2 Å². The molecule has 27 heavy (non-hydrogen) atoms. The molecule has 2 N–H and O–H groups in total. The van der Waals surface area contributed by atoms with Crippen LogP contribution in [0.1, 0.15) is 36.8 Å². The van der Waals surface area contributed by atoms with Crippen molar-refractivity contribution in [3.8, 4) is 11.5 Å². The maximum atomic E-state index is 10.8. The standard InChI is InChI=1S/C21H26N2O4/c1-26-19-10-7-17(13-20(19)27-2)21(11-3-4-12-21)15-22-14-16-5-8-18(9-6-16)23(24)25/h5-10,13,22H,3-4,11-12,14-15H2,1-2H3/p+1. The number of rotatable bonds is 8. The highest BCUT2D eigenvalue weighted by molar-refractivity contribution is 5.45. The Morgan fingerprint density at radius 1 is 1.04 bits per heavy atom. The second-order valence-electron chi connectivity index (χ2n) is 7.18. The Labute approximate surface area is 159 Å². The third-order valence-electron chi connectivity index (χ3n) is 5.62. The number of hydrogen-bond acceptors (Lipinski definition) is 4. The molecule has 1 aliphatic rings. The van der Waals surface area contributed by atoms with Crippen LogP contribution in [0.2, 0.25) is 0 Å². The van der Waals surface area contributed by atoms with Crippen molar-refractivity contribution >= 4 is 5.69 Å². The normalized spacial score (nSPS) is 15.5. The highest BCUT2D eigenvalue weighted by Gasteiger charge is 2.38. The van der Waals surface area contributed by atoms with Crippen LogP contribution in [-0.4, -0.2) is 25.7 Å². The summed E-state index contributed by atoms with van der Waals surface area (Å²) in [5.74, 6) is 1.53. The Balaban J connectivity index is 1.71. The summed E-state index contributed by atoms with van der Waals surface area (Å²) in [5, 5.41) is 13.1. The van der Waals surface area contributed by atoms with E-state index in [4.69, 9.17) is 9.47 Å². The fourth-order valence-electron chi connectivity index (χ4n) is 4.10. The summed E-state index contributed by atoms with van der Waals surface area (Å²) >= 11 is 0. The second kappa shape index (κ2) is 8.39. The molecule has 1 aliphatic carbocycles. The SMILES string of the molecule is COc1ccc(C2(C[NH2+]Cc3ccc([N+](=O)[O-])cc3)CCCC2)cc1OC. The van der Waals surface area contributed by atoms with Gasteiger partial charge in [0.2, 0.25) is 0 Å². The van der Waals surface area contributed by atoms with Crippen LogP contribution in [0.5, 0.6) is 11.5 Å². The number of methoxy groups -OCH3 is 2. The van der Waals surface area contributed by atoms with Crippen molar-refractivity contribution in [3.63, 3.8) is 0 Å². The molecule has 1 saturated carbocycles. The number of nitro benzene ring substituents is 1. The predicted octanol–water partition coefficient (Wildman–Crippen LogP) is 3.19. The maximum Gasteiger partial charge on any atom is 0.269 e. The molecule has 0 atom stereocenters. The van der Waals surface area contributed by atoms with Crippen LogP contribution in [0, 0.1) is 10.1 Å². The summed E-state index contributed by atoms with van der Waals surface area (Å²) in [6.45, 7) is 1.80. The van der Waals surface area contributed by atoms with Crippen LogP contribution in [0.25, 0.3) is 0 Å². The number of nitro groups is 1. The molecule has 0 spiro atoms. The van der Waals surface area contributed by atoms with Crippen LogP contribution in [0.3, 0.4) is 0 Å². The number of benzene rings is 2. The van der Waals surface area contributed by atoms with E-state index in [1.54, 1.807) is 26.4 Å². The predicted molar refractivity (Wildman–Crippen MR) is 103 cm³/mol. The Kier molecular flexibility index (Phi) is 5.96. The van der Waals surface area contributed by atoms with Gasteiger partial charge in [-0.05, 0) is 42.7 Å². The zero-order chi connectivity index (χ0) is 19.3. The van der Waals surface area contributed by atoms with Crippen molar-refractivity contribution in [2.75, 3.05) is 20.8 Å². The third-order valence-corrected chi connectivity index (χ3v) is 5.62. The molecule has 2 aromatic rings. The van der Waals surface area contributed by atoms with Gasteiger partial charge in [-0.15, -0.1) is 0 Å². The lowest BCUT2D eigenvalue weighted by atomic mass is 9.78. The first-order valence-electron chi connectivity index (χ1n) is 9.35. The largest absolute Gasteiger partial charge is 0.493 e. The number of ether oxygens (including phenoxy) is 2. The van der Waals surface area contributed by atoms with E-state index in [0.29, 0.717) is 0 Å². The van der Waals surface area contributed by atoms with E-state index in [-0.39, 0.29) is 16.0 Å². The lowest BCUT2D eigenvalue weighted by Crippen LogP contribution is -2.86. The van der Waals surface area contributed by atoms with Gasteiger partial charge in [0.15, 0.2) is 11.5 Å². The van der Waals surface area contributed by atoms with Crippen molar-refractivity contribution in [3.05, 3.63) is 63.7 Å². The van der Waals surface area contributed by atoms with Gasteiger partial charge in [0, 0.05) is 23.1 Å². The molecule has 1 fully saturated rings. The second-order valence-corrected chi connectivity index (χ2v) is 7.18. The van der Waals surface area contributed by atoms with E-state index in [0.717, 1.165) is 30.2 Å². The molecule has 0 aliphatic heterocycles. The first-order chi connectivity index (χ1) is 13.1. The summed E-state index contributed by atoms with van der Waals surface area (Å²) < 4.78 is 10.9. The number of nitrogens with zero attached hydrogens (tertiary/aromatic N) is 1. The van der Waals surface area contributed by atoms with Crippen LogP contribution in [-0.2, 0) is 12.0 Å². The van der Waals surface area contributed by atoms with Crippen molar-refractivity contribution < 1.29 is 19.7 Å². The minimum Gasteiger partial charge on any atom is -0.493 e. The minimum absolute atomic E-state index is 0.136. The van der Waals surface area contributed by atoms with Gasteiger partial charge in [0.05, 0.1) is 25.7 Å². The van der Waals surface area contributed by atoms with Gasteiger partial charge < -0.3 is 14.8 Å². The van der Waals surface area contributed by atoms with Crippen molar-refractivity contribution in [2.45, 2.75) is 37.6 Å². The van der Waals surface area contributed by atoms with E-state index in [9.17, 15) is 10.1 Å². The molecule has 0 bridgehead atoms. The van der Waals surface area contributed by atoms with Crippen LogP contribution in [0.15, 0.2) is 42.5 Å². The van der Waals surface area contributed by atoms with Gasteiger partial charge in [0.1, 0.15) is 6.54 Å². The molecular weight excluding hydrogens is 344 g/mol. The fourth-order valence-corrected chi connectivity index (χ4v) is 4.10. The quantitative estimate of drug-likeness (QED) is 0.571. The molecule has 6 nitrogen and oxygen atoms in total. The summed E-state index contributed by atoms with van der Waals surface area (Å²) in [5.41, 5.74) is 2.68. The Bertz CT molecular complexity index is 783. The van der Waals surface area contributed by atoms with Gasteiger partial charge >= 0.3 is 0 Å². The summed E-state index contributed by atoms with van der Waals surface area (Å²) in [4.78, 5) is 10.4.